The van der Waals surface area contributed by atoms with Crippen LogP contribution in [-0.2, 0) is 23.1 Å². The molecule has 25 heavy (non-hydrogen) atoms. The molecule has 1 saturated carbocycles. The van der Waals surface area contributed by atoms with E-state index in [0.29, 0.717) is 35.4 Å². The van der Waals surface area contributed by atoms with Crippen molar-refractivity contribution in [1.82, 2.24) is 24.6 Å². The molecule has 2 aromatic heterocycles. The van der Waals surface area contributed by atoms with Crippen molar-refractivity contribution in [3.8, 4) is 0 Å². The van der Waals surface area contributed by atoms with E-state index in [9.17, 15) is 9.59 Å². The summed E-state index contributed by atoms with van der Waals surface area (Å²) in [5.74, 6) is 0.893. The molecule has 134 valence electrons. The molecule has 0 aromatic carbocycles. The van der Waals surface area contributed by atoms with Crippen molar-refractivity contribution in [2.24, 2.45) is 13.0 Å². The first-order chi connectivity index (χ1) is 12.1. The van der Waals surface area contributed by atoms with Gasteiger partial charge < -0.3 is 9.72 Å². The van der Waals surface area contributed by atoms with E-state index < -0.39 is 0 Å². The number of hydrogen-bond donors (Lipinski definition) is 1. The molecule has 0 spiro atoms. The molecule has 1 N–H and O–H groups in total. The largest absolute Gasteiger partial charge is 0.468 e. The van der Waals surface area contributed by atoms with Gasteiger partial charge in [0.25, 0.3) is 5.56 Å². The van der Waals surface area contributed by atoms with Gasteiger partial charge in [0.05, 0.1) is 19.9 Å². The number of hydrogen-bond acceptors (Lipinski definition) is 6. The number of nitrogens with zero attached hydrogens (tertiary/aromatic N) is 4. The molecule has 1 saturated heterocycles. The normalized spacial score (nSPS) is 26.7. The Labute approximate surface area is 145 Å². The van der Waals surface area contributed by atoms with Crippen LogP contribution in [0.25, 0.3) is 11.0 Å². The number of fused-ring (bicyclic) bond motifs is 2. The third kappa shape index (κ3) is 2.74. The smallest absolute Gasteiger partial charge is 0.323 e. The number of aromatic nitrogens is 4. The summed E-state index contributed by atoms with van der Waals surface area (Å²) in [7, 11) is 3.20. The molecule has 0 radical (unpaired) electrons. The van der Waals surface area contributed by atoms with Crippen molar-refractivity contribution in [1.29, 1.82) is 0 Å². The first kappa shape index (κ1) is 16.3. The third-order valence-corrected chi connectivity index (χ3v) is 5.68. The zero-order valence-corrected chi connectivity index (χ0v) is 14.6. The molecule has 3 heterocycles. The van der Waals surface area contributed by atoms with E-state index in [1.807, 2.05) is 0 Å². The molecule has 1 aliphatic heterocycles. The van der Waals surface area contributed by atoms with Crippen molar-refractivity contribution >= 4 is 17.0 Å². The van der Waals surface area contributed by atoms with Crippen LogP contribution < -0.4 is 5.56 Å². The molecule has 3 atom stereocenters. The maximum absolute atomic E-state index is 12.3. The van der Waals surface area contributed by atoms with Crippen LogP contribution >= 0.6 is 0 Å². The maximum atomic E-state index is 12.3. The number of ether oxygens (including phenoxy) is 1. The lowest BCUT2D eigenvalue weighted by Crippen LogP contribution is -2.42. The van der Waals surface area contributed by atoms with Gasteiger partial charge in [0, 0.05) is 13.1 Å². The van der Waals surface area contributed by atoms with E-state index in [1.54, 1.807) is 11.7 Å². The van der Waals surface area contributed by atoms with Crippen LogP contribution in [0.15, 0.2) is 11.0 Å². The molecule has 2 aromatic rings. The van der Waals surface area contributed by atoms with Crippen molar-refractivity contribution in [2.45, 2.75) is 50.7 Å². The quantitative estimate of drug-likeness (QED) is 0.833. The summed E-state index contributed by atoms with van der Waals surface area (Å²) >= 11 is 0. The number of carbonyl (C=O) groups is 1. The van der Waals surface area contributed by atoms with Crippen LogP contribution in [0.4, 0.5) is 0 Å². The Kier molecular flexibility index (Phi) is 4.07. The average molecular weight is 345 g/mol. The van der Waals surface area contributed by atoms with E-state index in [4.69, 9.17) is 4.74 Å². The molecule has 1 aliphatic carbocycles. The van der Waals surface area contributed by atoms with Gasteiger partial charge in [-0.3, -0.25) is 19.2 Å². The van der Waals surface area contributed by atoms with Gasteiger partial charge in [-0.05, 0) is 25.2 Å². The Morgan fingerprint density at radius 2 is 2.20 bits per heavy atom. The number of rotatable bonds is 3. The van der Waals surface area contributed by atoms with Crippen LogP contribution in [0.5, 0.6) is 0 Å². The molecule has 2 aliphatic rings. The van der Waals surface area contributed by atoms with Crippen molar-refractivity contribution in [3.63, 3.8) is 0 Å². The number of nitrogens with one attached hydrogen (secondary N) is 1. The van der Waals surface area contributed by atoms with E-state index in [2.05, 4.69) is 20.0 Å². The van der Waals surface area contributed by atoms with E-state index in [0.717, 1.165) is 19.3 Å². The van der Waals surface area contributed by atoms with Gasteiger partial charge in [-0.1, -0.05) is 12.8 Å². The topological polar surface area (TPSA) is 93.1 Å². The number of aryl methyl sites for hydroxylation is 1. The zero-order valence-electron chi connectivity index (χ0n) is 14.6. The highest BCUT2D eigenvalue weighted by atomic mass is 16.5. The number of aromatic amines is 1. The summed E-state index contributed by atoms with van der Waals surface area (Å²) in [6.07, 6.45) is 6.98. The summed E-state index contributed by atoms with van der Waals surface area (Å²) in [5.41, 5.74) is 0.370. The number of carbonyl (C=O) groups excluding carboxylic acids is 1. The maximum Gasteiger partial charge on any atom is 0.323 e. The molecule has 0 amide bonds. The highest BCUT2D eigenvalue weighted by Crippen LogP contribution is 2.40. The fourth-order valence-corrected chi connectivity index (χ4v) is 4.47. The van der Waals surface area contributed by atoms with Crippen molar-refractivity contribution in [2.75, 3.05) is 7.11 Å². The predicted octanol–water partition coefficient (Wildman–Crippen LogP) is 0.963. The first-order valence-corrected chi connectivity index (χ1v) is 8.83. The molecule has 0 bridgehead atoms. The van der Waals surface area contributed by atoms with E-state index in [-0.39, 0.29) is 17.6 Å². The van der Waals surface area contributed by atoms with Crippen LogP contribution in [0.2, 0.25) is 0 Å². The molecular formula is C17H23N5O3. The Hall–Kier alpha value is -2.22. The lowest BCUT2D eigenvalue weighted by atomic mass is 9.85. The van der Waals surface area contributed by atoms with Crippen LogP contribution in [-0.4, -0.2) is 49.8 Å². The highest BCUT2D eigenvalue weighted by molar-refractivity contribution is 5.76. The fourth-order valence-electron chi connectivity index (χ4n) is 4.47. The number of methoxy groups -OCH3 is 1. The number of H-pyrrole nitrogens is 1. The lowest BCUT2D eigenvalue weighted by molar-refractivity contribution is -0.146. The second-order valence-electron chi connectivity index (χ2n) is 7.08. The first-order valence-electron chi connectivity index (χ1n) is 8.83. The van der Waals surface area contributed by atoms with E-state index >= 15 is 0 Å². The second-order valence-corrected chi connectivity index (χ2v) is 7.08. The predicted molar refractivity (Wildman–Crippen MR) is 90.8 cm³/mol. The van der Waals surface area contributed by atoms with Gasteiger partial charge >= 0.3 is 5.97 Å². The Bertz CT molecular complexity index is 858. The molecule has 4 rings (SSSR count). The van der Waals surface area contributed by atoms with Crippen molar-refractivity contribution in [3.05, 3.63) is 22.4 Å². The third-order valence-electron chi connectivity index (χ3n) is 5.68. The average Bonchev–Trinajstić information content (AvgIpc) is 3.16. The van der Waals surface area contributed by atoms with Crippen LogP contribution in [0.3, 0.4) is 0 Å². The fraction of sp³-hybridized carbons (Fsp3) is 0.647. The number of likely N-dealkylation sites (tertiary alicyclic amines) is 1. The Morgan fingerprint density at radius 1 is 1.40 bits per heavy atom. The summed E-state index contributed by atoms with van der Waals surface area (Å²) in [6.45, 7) is 0.442. The summed E-state index contributed by atoms with van der Waals surface area (Å²) in [5, 5.41) is 4.58. The van der Waals surface area contributed by atoms with Crippen molar-refractivity contribution < 1.29 is 9.53 Å². The molecule has 8 heteroatoms. The Balaban J connectivity index is 1.68. The van der Waals surface area contributed by atoms with Crippen LogP contribution in [0.1, 0.15) is 37.9 Å². The second kappa shape index (κ2) is 6.25. The zero-order chi connectivity index (χ0) is 17.6. The minimum absolute atomic E-state index is 0.192. The summed E-state index contributed by atoms with van der Waals surface area (Å²) in [4.78, 5) is 34.2. The highest BCUT2D eigenvalue weighted by Gasteiger charge is 2.45. The minimum atomic E-state index is -0.259. The van der Waals surface area contributed by atoms with Gasteiger partial charge in [0.1, 0.15) is 17.3 Å². The lowest BCUT2D eigenvalue weighted by Gasteiger charge is -2.32. The van der Waals surface area contributed by atoms with Gasteiger partial charge in [-0.15, -0.1) is 0 Å². The van der Waals surface area contributed by atoms with E-state index in [1.165, 1.54) is 26.1 Å². The van der Waals surface area contributed by atoms with Gasteiger partial charge in [0.15, 0.2) is 5.65 Å². The summed E-state index contributed by atoms with van der Waals surface area (Å²) in [6, 6.07) is 0.0935. The minimum Gasteiger partial charge on any atom is -0.468 e. The molecule has 8 nitrogen and oxygen atoms in total. The SMILES string of the molecule is COC(=O)[C@@H]1C[C@@H]2CCCC[C@@H]2N1Cc1nc2c(cnn2C)c(=O)[nH]1. The van der Waals surface area contributed by atoms with Crippen LogP contribution in [0, 0.1) is 5.92 Å². The molecule has 2 fully saturated rings. The standard InChI is InChI=1S/C17H23N5O3/c1-21-15-11(8-18-21)16(23)20-14(19-15)9-22-12-6-4-3-5-10(12)7-13(22)17(24)25-2/h8,10,12-13H,3-7,9H2,1-2H3,(H,19,20,23)/t10-,12-,13-/m0/s1. The number of esters is 1. The molecule has 0 unspecified atom stereocenters. The van der Waals surface area contributed by atoms with Gasteiger partial charge in [-0.25, -0.2) is 4.98 Å². The Morgan fingerprint density at radius 3 is 3.00 bits per heavy atom. The monoisotopic (exact) mass is 345 g/mol. The summed E-state index contributed by atoms with van der Waals surface area (Å²) < 4.78 is 6.62. The van der Waals surface area contributed by atoms with Gasteiger partial charge in [0.2, 0.25) is 0 Å². The van der Waals surface area contributed by atoms with Gasteiger partial charge in [-0.2, -0.15) is 5.10 Å². The molecular weight excluding hydrogens is 322 g/mol.